The summed E-state index contributed by atoms with van der Waals surface area (Å²) in [6, 6.07) is 21.6. The van der Waals surface area contributed by atoms with Gasteiger partial charge >= 0.3 is 5.97 Å². The van der Waals surface area contributed by atoms with Crippen LogP contribution < -0.4 is 10.2 Å². The highest BCUT2D eigenvalue weighted by atomic mass is 16.5. The fourth-order valence-electron chi connectivity index (χ4n) is 4.95. The van der Waals surface area contributed by atoms with Crippen molar-refractivity contribution in [1.29, 1.82) is 0 Å². The van der Waals surface area contributed by atoms with Gasteiger partial charge in [0.2, 0.25) is 5.95 Å². The molecule has 1 saturated heterocycles. The van der Waals surface area contributed by atoms with E-state index in [1.165, 1.54) is 0 Å². The number of rotatable bonds is 8. The number of H-pyrrole nitrogens is 1. The molecule has 0 spiro atoms. The topological polar surface area (TPSA) is 90.5 Å². The van der Waals surface area contributed by atoms with Crippen molar-refractivity contribution in [2.24, 2.45) is 5.92 Å². The van der Waals surface area contributed by atoms with Crippen LogP contribution in [-0.2, 0) is 4.74 Å². The molecule has 3 aromatic carbocycles. The molecule has 0 radical (unpaired) electrons. The Bertz CT molecular complexity index is 1320. The normalized spacial score (nSPS) is 14.3. The fraction of sp³-hybridized carbons (Fsp3) is 0.310. The first-order valence-corrected chi connectivity index (χ1v) is 12.5. The van der Waals surface area contributed by atoms with Gasteiger partial charge in [0.1, 0.15) is 0 Å². The van der Waals surface area contributed by atoms with Gasteiger partial charge in [-0.25, -0.2) is 9.78 Å². The molecule has 5 rings (SSSR count). The summed E-state index contributed by atoms with van der Waals surface area (Å²) in [7, 11) is 0. The Morgan fingerprint density at radius 3 is 2.61 bits per heavy atom. The quantitative estimate of drug-likeness (QED) is 0.271. The van der Waals surface area contributed by atoms with E-state index in [-0.39, 0.29) is 5.56 Å². The van der Waals surface area contributed by atoms with E-state index in [4.69, 9.17) is 9.72 Å². The molecule has 4 aromatic rings. The first kappa shape index (κ1) is 23.9. The minimum atomic E-state index is -0.940. The van der Waals surface area contributed by atoms with Gasteiger partial charge in [0.25, 0.3) is 0 Å². The monoisotopic (exact) mass is 484 g/mol. The number of aromatic nitrogens is 2. The molecule has 0 bridgehead atoms. The number of benzene rings is 3. The Morgan fingerprint density at radius 2 is 1.86 bits per heavy atom. The molecular weight excluding hydrogens is 452 g/mol. The van der Waals surface area contributed by atoms with E-state index in [2.05, 4.69) is 35.1 Å². The zero-order valence-electron chi connectivity index (χ0n) is 20.7. The molecule has 1 aliphatic rings. The first-order valence-electron chi connectivity index (χ1n) is 12.5. The summed E-state index contributed by atoms with van der Waals surface area (Å²) in [5.41, 5.74) is 5.61. The number of hydrogen-bond acceptors (Lipinski definition) is 5. The van der Waals surface area contributed by atoms with Crippen molar-refractivity contribution in [3.05, 3.63) is 72.3 Å². The van der Waals surface area contributed by atoms with Crippen LogP contribution in [0.5, 0.6) is 0 Å². The predicted molar refractivity (Wildman–Crippen MR) is 144 cm³/mol. The van der Waals surface area contributed by atoms with Gasteiger partial charge < -0.3 is 25.0 Å². The molecule has 0 atom stereocenters. The molecule has 36 heavy (non-hydrogen) atoms. The molecule has 1 aliphatic heterocycles. The number of imidazole rings is 1. The lowest BCUT2D eigenvalue weighted by Crippen LogP contribution is -2.42. The maximum absolute atomic E-state index is 11.9. The number of nitrogens with zero attached hydrogens (tertiary/aromatic N) is 2. The van der Waals surface area contributed by atoms with Crippen molar-refractivity contribution in [1.82, 2.24) is 9.97 Å². The average molecular weight is 485 g/mol. The molecule has 0 unspecified atom stereocenters. The van der Waals surface area contributed by atoms with E-state index in [1.807, 2.05) is 48.5 Å². The zero-order chi connectivity index (χ0) is 25.1. The fourth-order valence-corrected chi connectivity index (χ4v) is 4.95. The van der Waals surface area contributed by atoms with Crippen molar-refractivity contribution in [3.8, 4) is 11.1 Å². The minimum Gasteiger partial charge on any atom is -0.478 e. The summed E-state index contributed by atoms with van der Waals surface area (Å²) in [6.07, 6.45) is 1.95. The number of aromatic carboxylic acids is 1. The van der Waals surface area contributed by atoms with Crippen LogP contribution >= 0.6 is 0 Å². The number of para-hydroxylation sites is 2. The number of ether oxygens (including phenoxy) is 1. The Labute approximate surface area is 211 Å². The van der Waals surface area contributed by atoms with E-state index in [0.29, 0.717) is 23.5 Å². The number of carbonyl (C=O) groups is 1. The van der Waals surface area contributed by atoms with Gasteiger partial charge in [-0.2, -0.15) is 0 Å². The van der Waals surface area contributed by atoms with Gasteiger partial charge in [-0.15, -0.1) is 0 Å². The molecule has 1 aromatic heterocycles. The third-order valence-corrected chi connectivity index (χ3v) is 6.61. The Hall–Kier alpha value is -3.84. The third kappa shape index (κ3) is 5.06. The highest BCUT2D eigenvalue weighted by molar-refractivity contribution is 5.97. The lowest BCUT2D eigenvalue weighted by Gasteiger charge is -2.38. The highest BCUT2D eigenvalue weighted by Crippen LogP contribution is 2.37. The molecule has 7 nitrogen and oxygen atoms in total. The number of hydrogen-bond donors (Lipinski definition) is 3. The molecule has 2 heterocycles. The number of nitrogens with one attached hydrogen (secondary N) is 2. The van der Waals surface area contributed by atoms with Crippen LogP contribution in [0.4, 0.5) is 17.3 Å². The van der Waals surface area contributed by atoms with Crippen molar-refractivity contribution in [2.45, 2.75) is 32.7 Å². The minimum absolute atomic E-state index is 0.281. The molecule has 0 amide bonds. The van der Waals surface area contributed by atoms with Crippen LogP contribution in [0.3, 0.4) is 0 Å². The number of fused-ring (bicyclic) bond motifs is 1. The number of aromatic amines is 1. The van der Waals surface area contributed by atoms with Crippen LogP contribution in [0.1, 0.15) is 37.0 Å². The molecule has 186 valence electrons. The zero-order valence-corrected chi connectivity index (χ0v) is 20.7. The predicted octanol–water partition coefficient (Wildman–Crippen LogP) is 6.31. The van der Waals surface area contributed by atoms with Crippen LogP contribution in [0, 0.1) is 5.92 Å². The largest absolute Gasteiger partial charge is 0.478 e. The second-order valence-corrected chi connectivity index (χ2v) is 9.70. The molecule has 0 saturated carbocycles. The summed E-state index contributed by atoms with van der Waals surface area (Å²) in [4.78, 5) is 22.5. The smallest absolute Gasteiger partial charge is 0.336 e. The van der Waals surface area contributed by atoms with Gasteiger partial charge in [0, 0.05) is 25.8 Å². The van der Waals surface area contributed by atoms with Crippen LogP contribution in [-0.4, -0.2) is 46.8 Å². The summed E-state index contributed by atoms with van der Waals surface area (Å²) >= 11 is 0. The van der Waals surface area contributed by atoms with Crippen molar-refractivity contribution < 1.29 is 14.6 Å². The standard InChI is InChI=1S/C29H32N4O3/c1-19(2)18-33(21-13-15-36-16-14-21)27-12-11-20(22-7-3-4-8-23(22)28(34)35)17-26(27)32-29-30-24-9-5-6-10-25(24)31-29/h3-12,17,19,21H,13-16,18H2,1-2H3,(H,34,35)(H2,30,31,32). The maximum atomic E-state index is 11.9. The van der Waals surface area contributed by atoms with Gasteiger partial charge in [-0.3, -0.25) is 0 Å². The second kappa shape index (κ2) is 10.4. The highest BCUT2D eigenvalue weighted by Gasteiger charge is 2.25. The maximum Gasteiger partial charge on any atom is 0.336 e. The molecule has 0 aliphatic carbocycles. The Kier molecular flexibility index (Phi) is 6.91. The Balaban J connectivity index is 1.61. The lowest BCUT2D eigenvalue weighted by atomic mass is 9.97. The van der Waals surface area contributed by atoms with E-state index in [1.54, 1.807) is 12.1 Å². The van der Waals surface area contributed by atoms with Crippen molar-refractivity contribution in [3.63, 3.8) is 0 Å². The molecular formula is C29H32N4O3. The van der Waals surface area contributed by atoms with E-state index < -0.39 is 5.97 Å². The molecule has 1 fully saturated rings. The van der Waals surface area contributed by atoms with E-state index >= 15 is 0 Å². The average Bonchev–Trinajstić information content (AvgIpc) is 3.30. The third-order valence-electron chi connectivity index (χ3n) is 6.61. The Morgan fingerprint density at radius 1 is 1.11 bits per heavy atom. The number of anilines is 3. The number of carboxylic acid groups (broad SMARTS) is 1. The summed E-state index contributed by atoms with van der Waals surface area (Å²) in [5, 5.41) is 13.3. The second-order valence-electron chi connectivity index (χ2n) is 9.70. The lowest BCUT2D eigenvalue weighted by molar-refractivity contribution is 0.0697. The first-order chi connectivity index (χ1) is 17.5. The van der Waals surface area contributed by atoms with Crippen LogP contribution in [0.15, 0.2) is 66.7 Å². The van der Waals surface area contributed by atoms with Gasteiger partial charge in [-0.05, 0) is 60.2 Å². The van der Waals surface area contributed by atoms with Crippen LogP contribution in [0.25, 0.3) is 22.2 Å². The van der Waals surface area contributed by atoms with Crippen molar-refractivity contribution >= 4 is 34.3 Å². The summed E-state index contributed by atoms with van der Waals surface area (Å²) in [5.74, 6) is 0.182. The number of carboxylic acids is 1. The van der Waals surface area contributed by atoms with E-state index in [0.717, 1.165) is 60.6 Å². The van der Waals surface area contributed by atoms with Gasteiger partial charge in [0.15, 0.2) is 0 Å². The molecule has 7 heteroatoms. The van der Waals surface area contributed by atoms with Crippen LogP contribution in [0.2, 0.25) is 0 Å². The summed E-state index contributed by atoms with van der Waals surface area (Å²) < 4.78 is 5.65. The summed E-state index contributed by atoms with van der Waals surface area (Å²) in [6.45, 7) is 6.89. The van der Waals surface area contributed by atoms with Gasteiger partial charge in [0.05, 0.1) is 28.0 Å². The van der Waals surface area contributed by atoms with Gasteiger partial charge in [-0.1, -0.05) is 50.2 Å². The van der Waals surface area contributed by atoms with Crippen molar-refractivity contribution in [2.75, 3.05) is 30.0 Å². The SMILES string of the molecule is CC(C)CN(c1ccc(-c2ccccc2C(=O)O)cc1Nc1nc2ccccc2[nH]1)C1CCOCC1. The van der Waals surface area contributed by atoms with E-state index in [9.17, 15) is 9.90 Å². The molecule has 3 N–H and O–H groups in total.